The van der Waals surface area contributed by atoms with Crippen LogP contribution < -0.4 is 5.32 Å². The first-order valence-electron chi connectivity index (χ1n) is 8.92. The summed E-state index contributed by atoms with van der Waals surface area (Å²) < 4.78 is 5.84. The second kappa shape index (κ2) is 6.16. The smallest absolute Gasteiger partial charge is 0.220 e. The number of aromatic nitrogens is 3. The lowest BCUT2D eigenvalue weighted by Gasteiger charge is -2.61. The molecule has 1 spiro atoms. The second-order valence-corrected chi connectivity index (χ2v) is 6.94. The molecule has 2 aromatic heterocycles. The molecule has 0 bridgehead atoms. The Hall–Kier alpha value is -1.95. The summed E-state index contributed by atoms with van der Waals surface area (Å²) in [6, 6.07) is 4.11. The molecule has 2 unspecified atom stereocenters. The number of amides is 1. The Morgan fingerprint density at radius 3 is 3.08 bits per heavy atom. The third-order valence-corrected chi connectivity index (χ3v) is 5.67. The Morgan fingerprint density at radius 1 is 1.50 bits per heavy atom. The Bertz CT molecular complexity index is 704. The van der Waals surface area contributed by atoms with E-state index in [1.807, 2.05) is 19.1 Å². The van der Waals surface area contributed by atoms with Gasteiger partial charge in [0.25, 0.3) is 0 Å². The second-order valence-electron chi connectivity index (χ2n) is 6.94. The molecule has 0 aliphatic heterocycles. The Kier molecular flexibility index (Phi) is 4.00. The fourth-order valence-corrected chi connectivity index (χ4v) is 4.15. The molecule has 2 aliphatic rings. The summed E-state index contributed by atoms with van der Waals surface area (Å²) in [4.78, 5) is 24.2. The number of nitrogens with one attached hydrogen (secondary N) is 2. The molecule has 2 heterocycles. The van der Waals surface area contributed by atoms with E-state index in [0.717, 1.165) is 24.4 Å². The number of hydrogen-bond acceptors (Lipinski definition) is 4. The molecule has 2 fully saturated rings. The number of aryl methyl sites for hydroxylation is 1. The first-order chi connectivity index (χ1) is 11.7. The lowest BCUT2D eigenvalue weighted by molar-refractivity contribution is -0.175. The van der Waals surface area contributed by atoms with Crippen molar-refractivity contribution >= 4 is 17.1 Å². The third kappa shape index (κ3) is 2.59. The normalized spacial score (nSPS) is 24.5. The number of carbonyl (C=O) groups excluding carboxylic acids is 1. The Labute approximate surface area is 141 Å². The number of aromatic amines is 1. The van der Waals surface area contributed by atoms with E-state index < -0.39 is 0 Å². The fourth-order valence-electron chi connectivity index (χ4n) is 4.15. The van der Waals surface area contributed by atoms with Crippen molar-refractivity contribution in [3.63, 3.8) is 0 Å². The van der Waals surface area contributed by atoms with Gasteiger partial charge in [-0.2, -0.15) is 0 Å². The summed E-state index contributed by atoms with van der Waals surface area (Å²) in [5, 5.41) is 3.23. The molecule has 2 saturated carbocycles. The first kappa shape index (κ1) is 15.6. The molecule has 4 rings (SSSR count). The summed E-state index contributed by atoms with van der Waals surface area (Å²) in [5.41, 5.74) is 1.84. The number of imidazole rings is 1. The van der Waals surface area contributed by atoms with Gasteiger partial charge in [-0.25, -0.2) is 9.97 Å². The van der Waals surface area contributed by atoms with Gasteiger partial charge in [0.05, 0.1) is 11.6 Å². The Morgan fingerprint density at radius 2 is 2.38 bits per heavy atom. The topological polar surface area (TPSA) is 79.9 Å². The van der Waals surface area contributed by atoms with E-state index in [-0.39, 0.29) is 17.4 Å². The van der Waals surface area contributed by atoms with Gasteiger partial charge < -0.3 is 15.0 Å². The van der Waals surface area contributed by atoms with Gasteiger partial charge >= 0.3 is 0 Å². The summed E-state index contributed by atoms with van der Waals surface area (Å²) in [5.74, 6) is 0.924. The van der Waals surface area contributed by atoms with E-state index in [2.05, 4.69) is 20.3 Å². The van der Waals surface area contributed by atoms with Crippen LogP contribution in [0.5, 0.6) is 0 Å². The monoisotopic (exact) mass is 328 g/mol. The summed E-state index contributed by atoms with van der Waals surface area (Å²) >= 11 is 0. The zero-order chi connectivity index (χ0) is 16.6. The lowest BCUT2D eigenvalue weighted by Crippen LogP contribution is -2.67. The molecule has 6 nitrogen and oxygen atoms in total. The van der Waals surface area contributed by atoms with Gasteiger partial charge in [0.2, 0.25) is 5.91 Å². The van der Waals surface area contributed by atoms with Crippen LogP contribution >= 0.6 is 0 Å². The molecular formula is C18H24N4O2. The van der Waals surface area contributed by atoms with Crippen LogP contribution in [0.25, 0.3) is 11.2 Å². The van der Waals surface area contributed by atoms with E-state index >= 15 is 0 Å². The van der Waals surface area contributed by atoms with Crippen molar-refractivity contribution in [1.82, 2.24) is 20.3 Å². The van der Waals surface area contributed by atoms with Gasteiger partial charge in [0.1, 0.15) is 5.82 Å². The van der Waals surface area contributed by atoms with Gasteiger partial charge in [0.15, 0.2) is 5.65 Å². The van der Waals surface area contributed by atoms with E-state index in [1.54, 1.807) is 6.20 Å². The molecule has 0 saturated heterocycles. The van der Waals surface area contributed by atoms with Crippen molar-refractivity contribution in [2.24, 2.45) is 5.41 Å². The van der Waals surface area contributed by atoms with Gasteiger partial charge in [-0.1, -0.05) is 6.42 Å². The molecule has 0 radical (unpaired) electrons. The average Bonchev–Trinajstić information content (AvgIpc) is 2.93. The van der Waals surface area contributed by atoms with Crippen LogP contribution in [-0.4, -0.2) is 39.6 Å². The van der Waals surface area contributed by atoms with Crippen molar-refractivity contribution in [2.45, 2.75) is 57.6 Å². The van der Waals surface area contributed by atoms with Crippen LogP contribution in [0.3, 0.4) is 0 Å². The first-order valence-corrected chi connectivity index (χ1v) is 8.92. The molecule has 2 atom stereocenters. The largest absolute Gasteiger partial charge is 0.378 e. The van der Waals surface area contributed by atoms with Crippen molar-refractivity contribution in [3.05, 3.63) is 24.2 Å². The van der Waals surface area contributed by atoms with Crippen molar-refractivity contribution in [2.75, 3.05) is 6.61 Å². The van der Waals surface area contributed by atoms with Crippen LogP contribution in [0.15, 0.2) is 18.3 Å². The SMILES string of the molecule is CCOC1CC(NC(=O)CCc2nc3ncccc3[nH]2)C12CCC2. The molecule has 2 aromatic rings. The van der Waals surface area contributed by atoms with E-state index in [1.165, 1.54) is 19.3 Å². The summed E-state index contributed by atoms with van der Waals surface area (Å²) in [6.07, 6.45) is 7.68. The Balaban J connectivity index is 1.31. The number of ether oxygens (including phenoxy) is 1. The predicted octanol–water partition coefficient (Wildman–Crippen LogP) is 2.35. The highest BCUT2D eigenvalue weighted by atomic mass is 16.5. The lowest BCUT2D eigenvalue weighted by atomic mass is 9.51. The van der Waals surface area contributed by atoms with Crippen molar-refractivity contribution in [1.29, 1.82) is 0 Å². The predicted molar refractivity (Wildman–Crippen MR) is 90.5 cm³/mol. The number of H-pyrrole nitrogens is 1. The number of nitrogens with zero attached hydrogens (tertiary/aromatic N) is 2. The van der Waals surface area contributed by atoms with Crippen LogP contribution in [0.2, 0.25) is 0 Å². The zero-order valence-corrected chi connectivity index (χ0v) is 14.0. The maximum Gasteiger partial charge on any atom is 0.220 e. The molecule has 6 heteroatoms. The number of fused-ring (bicyclic) bond motifs is 1. The van der Waals surface area contributed by atoms with Gasteiger partial charge in [0, 0.05) is 37.1 Å². The molecular weight excluding hydrogens is 304 g/mol. The zero-order valence-electron chi connectivity index (χ0n) is 14.0. The summed E-state index contributed by atoms with van der Waals surface area (Å²) in [6.45, 7) is 2.80. The van der Waals surface area contributed by atoms with Crippen molar-refractivity contribution in [3.8, 4) is 0 Å². The summed E-state index contributed by atoms with van der Waals surface area (Å²) in [7, 11) is 0. The number of pyridine rings is 1. The van der Waals surface area contributed by atoms with Crippen molar-refractivity contribution < 1.29 is 9.53 Å². The maximum atomic E-state index is 12.3. The third-order valence-electron chi connectivity index (χ3n) is 5.67. The fraction of sp³-hybridized carbons (Fsp3) is 0.611. The van der Waals surface area contributed by atoms with Gasteiger partial charge in [-0.3, -0.25) is 4.79 Å². The average molecular weight is 328 g/mol. The molecule has 2 N–H and O–H groups in total. The highest BCUT2D eigenvalue weighted by Crippen LogP contribution is 2.57. The molecule has 24 heavy (non-hydrogen) atoms. The minimum Gasteiger partial charge on any atom is -0.378 e. The van der Waals surface area contributed by atoms with E-state index in [4.69, 9.17) is 4.74 Å². The van der Waals surface area contributed by atoms with E-state index in [0.29, 0.717) is 24.6 Å². The number of rotatable bonds is 6. The number of carbonyl (C=O) groups is 1. The highest BCUT2D eigenvalue weighted by molar-refractivity contribution is 5.77. The highest BCUT2D eigenvalue weighted by Gasteiger charge is 2.59. The van der Waals surface area contributed by atoms with Crippen LogP contribution in [-0.2, 0) is 16.0 Å². The van der Waals surface area contributed by atoms with Gasteiger partial charge in [-0.15, -0.1) is 0 Å². The molecule has 0 aromatic carbocycles. The standard InChI is InChI=1S/C18H24N4O2/c1-2-24-14-11-13(18(14)8-4-9-18)21-16(23)7-6-15-20-12-5-3-10-19-17(12)22-15/h3,5,10,13-14H,2,4,6-9,11H2,1H3,(H,21,23)(H,19,20,22). The quantitative estimate of drug-likeness (QED) is 0.853. The van der Waals surface area contributed by atoms with Crippen LogP contribution in [0.1, 0.15) is 44.9 Å². The van der Waals surface area contributed by atoms with E-state index in [9.17, 15) is 4.79 Å². The van der Waals surface area contributed by atoms with Crippen LogP contribution in [0.4, 0.5) is 0 Å². The molecule has 1 amide bonds. The minimum absolute atomic E-state index is 0.106. The molecule has 2 aliphatic carbocycles. The minimum atomic E-state index is 0.106. The van der Waals surface area contributed by atoms with Crippen LogP contribution in [0, 0.1) is 5.41 Å². The number of hydrogen-bond donors (Lipinski definition) is 2. The molecule has 128 valence electrons. The van der Waals surface area contributed by atoms with Gasteiger partial charge in [-0.05, 0) is 38.3 Å². The maximum absolute atomic E-state index is 12.3.